The molecule has 1 atom stereocenters. The molecular formula is C15H23NO2. The van der Waals surface area contributed by atoms with Gasteiger partial charge in [-0.3, -0.25) is 0 Å². The van der Waals surface area contributed by atoms with Gasteiger partial charge in [0.25, 0.3) is 0 Å². The van der Waals surface area contributed by atoms with Gasteiger partial charge >= 0.3 is 0 Å². The van der Waals surface area contributed by atoms with E-state index in [0.29, 0.717) is 0 Å². The number of aliphatic hydroxyl groups is 1. The van der Waals surface area contributed by atoms with Crippen molar-refractivity contribution in [1.82, 2.24) is 0 Å². The van der Waals surface area contributed by atoms with Crippen LogP contribution in [-0.2, 0) is 4.74 Å². The van der Waals surface area contributed by atoms with Crippen LogP contribution in [0, 0.1) is 0 Å². The molecule has 2 rings (SSSR count). The van der Waals surface area contributed by atoms with Gasteiger partial charge < -0.3 is 14.7 Å². The smallest absolute Gasteiger partial charge is 0.0807 e. The second kappa shape index (κ2) is 5.29. The molecule has 1 aliphatic rings. The maximum Gasteiger partial charge on any atom is 0.0807 e. The molecule has 0 spiro atoms. The molecule has 1 fully saturated rings. The minimum Gasteiger partial charge on any atom is -0.388 e. The number of rotatable bonds is 3. The predicted molar refractivity (Wildman–Crippen MR) is 73.9 cm³/mol. The van der Waals surface area contributed by atoms with Gasteiger partial charge in [-0.05, 0) is 26.3 Å². The first-order chi connectivity index (χ1) is 8.56. The van der Waals surface area contributed by atoms with Crippen molar-refractivity contribution < 1.29 is 9.84 Å². The molecule has 1 N–H and O–H groups in total. The van der Waals surface area contributed by atoms with Crippen LogP contribution < -0.4 is 4.90 Å². The van der Waals surface area contributed by atoms with Crippen LogP contribution in [0.5, 0.6) is 0 Å². The molecule has 1 heterocycles. The number of para-hydroxylation sites is 1. The highest BCUT2D eigenvalue weighted by Crippen LogP contribution is 2.33. The monoisotopic (exact) mass is 249 g/mol. The molecule has 1 aromatic rings. The average molecular weight is 249 g/mol. The van der Waals surface area contributed by atoms with Gasteiger partial charge in [-0.1, -0.05) is 25.1 Å². The number of aliphatic hydroxyl groups excluding tert-OH is 1. The molecule has 3 heteroatoms. The van der Waals surface area contributed by atoms with E-state index in [1.165, 1.54) is 0 Å². The molecule has 3 nitrogen and oxygen atoms in total. The van der Waals surface area contributed by atoms with Gasteiger partial charge in [-0.15, -0.1) is 0 Å². The van der Waals surface area contributed by atoms with Gasteiger partial charge in [0.15, 0.2) is 0 Å². The van der Waals surface area contributed by atoms with Crippen LogP contribution in [0.3, 0.4) is 0 Å². The number of benzene rings is 1. The first-order valence-corrected chi connectivity index (χ1v) is 6.68. The van der Waals surface area contributed by atoms with Crippen LogP contribution in [-0.4, -0.2) is 30.4 Å². The SMILES string of the molecule is CC[C@@H](O)c1ccccc1N1CCOCC1(C)C. The van der Waals surface area contributed by atoms with Crippen LogP contribution in [0.15, 0.2) is 24.3 Å². The van der Waals surface area contributed by atoms with E-state index in [2.05, 4.69) is 24.8 Å². The van der Waals surface area contributed by atoms with Gasteiger partial charge in [-0.25, -0.2) is 0 Å². The fourth-order valence-electron chi connectivity index (χ4n) is 2.54. The molecule has 0 aliphatic carbocycles. The Kier molecular flexibility index (Phi) is 3.93. The van der Waals surface area contributed by atoms with Gasteiger partial charge in [0.1, 0.15) is 0 Å². The highest BCUT2D eigenvalue weighted by Gasteiger charge is 2.32. The lowest BCUT2D eigenvalue weighted by Gasteiger charge is -2.44. The third kappa shape index (κ3) is 2.52. The van der Waals surface area contributed by atoms with Gasteiger partial charge in [0.2, 0.25) is 0 Å². The van der Waals surface area contributed by atoms with Crippen molar-refractivity contribution in [1.29, 1.82) is 0 Å². The number of anilines is 1. The Labute approximate surface area is 109 Å². The maximum absolute atomic E-state index is 10.2. The Balaban J connectivity index is 2.37. The molecule has 1 aliphatic heterocycles. The second-order valence-corrected chi connectivity index (χ2v) is 5.50. The largest absolute Gasteiger partial charge is 0.388 e. The summed E-state index contributed by atoms with van der Waals surface area (Å²) in [5, 5.41) is 10.2. The van der Waals surface area contributed by atoms with Crippen molar-refractivity contribution in [2.45, 2.75) is 38.8 Å². The minimum absolute atomic E-state index is 0.0260. The molecule has 1 saturated heterocycles. The number of ether oxygens (including phenoxy) is 1. The van der Waals surface area contributed by atoms with Crippen LogP contribution in [0.1, 0.15) is 38.9 Å². The van der Waals surface area contributed by atoms with Crippen molar-refractivity contribution in [3.05, 3.63) is 29.8 Å². The average Bonchev–Trinajstić information content (AvgIpc) is 2.37. The third-order valence-electron chi connectivity index (χ3n) is 3.62. The predicted octanol–water partition coefficient (Wildman–Crippen LogP) is 2.75. The van der Waals surface area contributed by atoms with E-state index in [0.717, 1.165) is 37.4 Å². The van der Waals surface area contributed by atoms with E-state index in [1.807, 2.05) is 25.1 Å². The summed E-state index contributed by atoms with van der Waals surface area (Å²) in [5.41, 5.74) is 2.14. The fraction of sp³-hybridized carbons (Fsp3) is 0.600. The first kappa shape index (κ1) is 13.4. The Bertz CT molecular complexity index is 403. The molecule has 0 unspecified atom stereocenters. The standard InChI is InChI=1S/C15H23NO2/c1-4-14(17)12-7-5-6-8-13(12)16-9-10-18-11-15(16,2)3/h5-8,14,17H,4,9-11H2,1-3H3/t14-/m1/s1. The topological polar surface area (TPSA) is 32.7 Å². The molecular weight excluding hydrogens is 226 g/mol. The molecule has 0 aromatic heterocycles. The molecule has 0 radical (unpaired) electrons. The summed E-state index contributed by atoms with van der Waals surface area (Å²) >= 11 is 0. The van der Waals surface area contributed by atoms with E-state index < -0.39 is 0 Å². The summed E-state index contributed by atoms with van der Waals surface area (Å²) in [6, 6.07) is 8.15. The van der Waals surface area contributed by atoms with Crippen LogP contribution in [0.2, 0.25) is 0 Å². The van der Waals surface area contributed by atoms with E-state index in [9.17, 15) is 5.11 Å². The second-order valence-electron chi connectivity index (χ2n) is 5.50. The van der Waals surface area contributed by atoms with Gasteiger partial charge in [0, 0.05) is 17.8 Å². The Morgan fingerprint density at radius 1 is 1.39 bits per heavy atom. The number of nitrogens with zero attached hydrogens (tertiary/aromatic N) is 1. The zero-order valence-corrected chi connectivity index (χ0v) is 11.5. The normalized spacial score (nSPS) is 20.8. The molecule has 18 heavy (non-hydrogen) atoms. The Morgan fingerprint density at radius 2 is 2.11 bits per heavy atom. The third-order valence-corrected chi connectivity index (χ3v) is 3.62. The summed E-state index contributed by atoms with van der Waals surface area (Å²) in [4.78, 5) is 2.35. The van der Waals surface area contributed by atoms with Crippen molar-refractivity contribution in [2.24, 2.45) is 0 Å². The van der Waals surface area contributed by atoms with Crippen molar-refractivity contribution in [3.63, 3.8) is 0 Å². The van der Waals surface area contributed by atoms with Crippen LogP contribution in [0.4, 0.5) is 5.69 Å². The number of hydrogen-bond donors (Lipinski definition) is 1. The lowest BCUT2D eigenvalue weighted by atomic mass is 9.97. The summed E-state index contributed by atoms with van der Waals surface area (Å²) in [6.07, 6.45) is 0.349. The number of hydrogen-bond acceptors (Lipinski definition) is 3. The molecule has 0 bridgehead atoms. The Morgan fingerprint density at radius 3 is 2.78 bits per heavy atom. The van der Waals surface area contributed by atoms with Gasteiger partial charge in [-0.2, -0.15) is 0 Å². The Hall–Kier alpha value is -1.06. The zero-order chi connectivity index (χ0) is 13.2. The summed E-state index contributed by atoms with van der Waals surface area (Å²) in [5.74, 6) is 0. The van der Waals surface area contributed by atoms with E-state index >= 15 is 0 Å². The van der Waals surface area contributed by atoms with E-state index in [1.54, 1.807) is 0 Å². The van der Waals surface area contributed by atoms with Crippen LogP contribution >= 0.6 is 0 Å². The maximum atomic E-state index is 10.2. The highest BCUT2D eigenvalue weighted by atomic mass is 16.5. The lowest BCUT2D eigenvalue weighted by molar-refractivity contribution is 0.0638. The van der Waals surface area contributed by atoms with Crippen molar-refractivity contribution in [3.8, 4) is 0 Å². The quantitative estimate of drug-likeness (QED) is 0.894. The molecule has 100 valence electrons. The van der Waals surface area contributed by atoms with Crippen molar-refractivity contribution >= 4 is 5.69 Å². The van der Waals surface area contributed by atoms with Gasteiger partial charge in [0.05, 0.1) is 24.9 Å². The van der Waals surface area contributed by atoms with Crippen molar-refractivity contribution in [2.75, 3.05) is 24.7 Å². The fourth-order valence-corrected chi connectivity index (χ4v) is 2.54. The molecule has 0 saturated carbocycles. The highest BCUT2D eigenvalue weighted by molar-refractivity contribution is 5.56. The van der Waals surface area contributed by atoms with E-state index in [-0.39, 0.29) is 11.6 Å². The summed E-state index contributed by atoms with van der Waals surface area (Å²) in [6.45, 7) is 8.72. The zero-order valence-electron chi connectivity index (χ0n) is 11.5. The molecule has 0 amide bonds. The number of morpholine rings is 1. The minimum atomic E-state index is -0.389. The summed E-state index contributed by atoms with van der Waals surface area (Å²) < 4.78 is 5.56. The van der Waals surface area contributed by atoms with E-state index in [4.69, 9.17) is 4.74 Å². The summed E-state index contributed by atoms with van der Waals surface area (Å²) in [7, 11) is 0. The molecule has 1 aromatic carbocycles. The first-order valence-electron chi connectivity index (χ1n) is 6.68. The lowest BCUT2D eigenvalue weighted by Crippen LogP contribution is -2.53. The van der Waals surface area contributed by atoms with Crippen LogP contribution in [0.25, 0.3) is 0 Å².